The van der Waals surface area contributed by atoms with Gasteiger partial charge in [0.2, 0.25) is 0 Å². The van der Waals surface area contributed by atoms with Gasteiger partial charge in [0.05, 0.1) is 6.04 Å². The molecule has 2 N–H and O–H groups in total. The third-order valence-electron chi connectivity index (χ3n) is 1.39. The van der Waals surface area contributed by atoms with E-state index in [0.717, 1.165) is 12.8 Å². The van der Waals surface area contributed by atoms with Crippen molar-refractivity contribution in [3.05, 3.63) is 0 Å². The number of hydrogen-bond acceptors (Lipinski definition) is 3. The fraction of sp³-hybridized carbons (Fsp3) is 0.857. The van der Waals surface area contributed by atoms with Crippen LogP contribution in [0.25, 0.3) is 0 Å². The highest BCUT2D eigenvalue weighted by atomic mass is 32.1. The molecule has 0 bridgehead atoms. The number of rotatable bonds is 5. The minimum Gasteiger partial charge on any atom is -0.321 e. The lowest BCUT2D eigenvalue weighted by Gasteiger charge is -2.04. The standard InChI is InChI=1S/C7H15NOS/c1-2-3-4-7(9)6(8)5-10/h6,10H,2-5,8H2,1H3/t6-/m0/s1. The molecule has 0 saturated carbocycles. The average Bonchev–Trinajstić information content (AvgIpc) is 1.98. The van der Waals surface area contributed by atoms with E-state index in [1.165, 1.54) is 0 Å². The molecule has 0 aromatic carbocycles. The quantitative estimate of drug-likeness (QED) is 0.591. The highest BCUT2D eigenvalue weighted by Crippen LogP contribution is 1.98. The number of Topliss-reactive ketones (excluding diaryl/α,β-unsaturated/α-hetero) is 1. The molecule has 0 amide bonds. The summed E-state index contributed by atoms with van der Waals surface area (Å²) in [6.07, 6.45) is 2.60. The molecule has 0 heterocycles. The van der Waals surface area contributed by atoms with Crippen LogP contribution < -0.4 is 5.73 Å². The second-order valence-corrected chi connectivity index (χ2v) is 2.72. The van der Waals surface area contributed by atoms with Crippen molar-refractivity contribution >= 4 is 18.4 Å². The van der Waals surface area contributed by atoms with Gasteiger partial charge in [-0.15, -0.1) is 0 Å². The Bertz CT molecular complexity index is 106. The van der Waals surface area contributed by atoms with Gasteiger partial charge in [0.25, 0.3) is 0 Å². The molecule has 60 valence electrons. The molecular weight excluding hydrogens is 146 g/mol. The Morgan fingerprint density at radius 3 is 2.70 bits per heavy atom. The average molecular weight is 161 g/mol. The highest BCUT2D eigenvalue weighted by molar-refractivity contribution is 7.80. The van der Waals surface area contributed by atoms with Gasteiger partial charge in [0.15, 0.2) is 0 Å². The number of carbonyl (C=O) groups excluding carboxylic acids is 1. The molecule has 2 nitrogen and oxygen atoms in total. The molecule has 0 aliphatic heterocycles. The van der Waals surface area contributed by atoms with Crippen LogP contribution in [0.3, 0.4) is 0 Å². The van der Waals surface area contributed by atoms with Gasteiger partial charge in [-0.2, -0.15) is 12.6 Å². The normalized spacial score (nSPS) is 13.1. The molecule has 0 rings (SSSR count). The third-order valence-corrected chi connectivity index (χ3v) is 1.78. The summed E-state index contributed by atoms with van der Waals surface area (Å²) in [5.74, 6) is 0.597. The van der Waals surface area contributed by atoms with Crippen molar-refractivity contribution in [1.29, 1.82) is 0 Å². The van der Waals surface area contributed by atoms with E-state index in [9.17, 15) is 4.79 Å². The first-order chi connectivity index (χ1) is 4.72. The molecule has 0 unspecified atom stereocenters. The van der Waals surface area contributed by atoms with Gasteiger partial charge in [-0.1, -0.05) is 13.3 Å². The van der Waals surface area contributed by atoms with Gasteiger partial charge in [0, 0.05) is 12.2 Å². The molecule has 0 aromatic rings. The highest BCUT2D eigenvalue weighted by Gasteiger charge is 2.09. The summed E-state index contributed by atoms with van der Waals surface area (Å²) in [6, 6.07) is -0.352. The van der Waals surface area contributed by atoms with Crippen molar-refractivity contribution in [3.63, 3.8) is 0 Å². The van der Waals surface area contributed by atoms with Crippen molar-refractivity contribution in [2.24, 2.45) is 5.73 Å². The molecule has 0 radical (unpaired) electrons. The molecule has 0 spiro atoms. The first-order valence-electron chi connectivity index (χ1n) is 3.61. The van der Waals surface area contributed by atoms with E-state index in [0.29, 0.717) is 12.2 Å². The molecule has 0 aliphatic rings. The van der Waals surface area contributed by atoms with Crippen LogP contribution in [0.4, 0.5) is 0 Å². The molecule has 0 aromatic heterocycles. The smallest absolute Gasteiger partial charge is 0.150 e. The lowest BCUT2D eigenvalue weighted by atomic mass is 10.1. The Labute approximate surface area is 67.6 Å². The molecule has 0 aliphatic carbocycles. The van der Waals surface area contributed by atoms with E-state index in [1.807, 2.05) is 0 Å². The Hall–Kier alpha value is -0.0200. The van der Waals surface area contributed by atoms with Crippen molar-refractivity contribution < 1.29 is 4.79 Å². The summed E-state index contributed by atoms with van der Waals surface area (Å²) in [5, 5.41) is 0. The Morgan fingerprint density at radius 2 is 2.30 bits per heavy atom. The van der Waals surface area contributed by atoms with Crippen LogP contribution in [0.5, 0.6) is 0 Å². The van der Waals surface area contributed by atoms with E-state index >= 15 is 0 Å². The van der Waals surface area contributed by atoms with Crippen LogP contribution in [0, 0.1) is 0 Å². The van der Waals surface area contributed by atoms with Crippen molar-refractivity contribution in [2.45, 2.75) is 32.2 Å². The molecule has 0 fully saturated rings. The second-order valence-electron chi connectivity index (χ2n) is 2.36. The number of unbranched alkanes of at least 4 members (excludes halogenated alkanes) is 1. The van der Waals surface area contributed by atoms with Gasteiger partial charge in [-0.3, -0.25) is 4.79 Å². The third kappa shape index (κ3) is 3.90. The lowest BCUT2D eigenvalue weighted by molar-refractivity contribution is -0.119. The van der Waals surface area contributed by atoms with Crippen molar-refractivity contribution in [1.82, 2.24) is 0 Å². The maximum atomic E-state index is 11.0. The largest absolute Gasteiger partial charge is 0.321 e. The van der Waals surface area contributed by atoms with E-state index in [4.69, 9.17) is 5.73 Å². The van der Waals surface area contributed by atoms with Crippen LogP contribution in [-0.2, 0) is 4.79 Å². The van der Waals surface area contributed by atoms with Gasteiger partial charge >= 0.3 is 0 Å². The maximum Gasteiger partial charge on any atom is 0.150 e. The zero-order valence-corrected chi connectivity index (χ0v) is 7.23. The van der Waals surface area contributed by atoms with Crippen molar-refractivity contribution in [2.75, 3.05) is 5.75 Å². The first kappa shape index (κ1) is 9.98. The predicted molar refractivity (Wildman–Crippen MR) is 46.4 cm³/mol. The van der Waals surface area contributed by atoms with Crippen molar-refractivity contribution in [3.8, 4) is 0 Å². The number of nitrogens with two attached hydrogens (primary N) is 1. The number of hydrogen-bond donors (Lipinski definition) is 2. The predicted octanol–water partition coefficient (Wildman–Crippen LogP) is 1.00. The molecule has 3 heteroatoms. The fourth-order valence-corrected chi connectivity index (χ4v) is 0.842. The number of ketones is 1. The zero-order valence-electron chi connectivity index (χ0n) is 6.34. The summed E-state index contributed by atoms with van der Waals surface area (Å²) in [5.41, 5.74) is 5.43. The molecular formula is C7H15NOS. The van der Waals surface area contributed by atoms with E-state index < -0.39 is 0 Å². The van der Waals surface area contributed by atoms with E-state index in [2.05, 4.69) is 19.6 Å². The monoisotopic (exact) mass is 161 g/mol. The number of thiol groups is 1. The topological polar surface area (TPSA) is 43.1 Å². The zero-order chi connectivity index (χ0) is 7.98. The van der Waals surface area contributed by atoms with Gasteiger partial charge in [0.1, 0.15) is 5.78 Å². The lowest BCUT2D eigenvalue weighted by Crippen LogP contribution is -2.31. The Kier molecular flexibility index (Phi) is 5.73. The van der Waals surface area contributed by atoms with E-state index in [-0.39, 0.29) is 11.8 Å². The minimum atomic E-state index is -0.352. The first-order valence-corrected chi connectivity index (χ1v) is 4.24. The second kappa shape index (κ2) is 5.74. The van der Waals surface area contributed by atoms with Gasteiger partial charge in [-0.05, 0) is 6.42 Å². The van der Waals surface area contributed by atoms with Gasteiger partial charge in [-0.25, -0.2) is 0 Å². The van der Waals surface area contributed by atoms with Crippen LogP contribution in [-0.4, -0.2) is 17.6 Å². The van der Waals surface area contributed by atoms with Gasteiger partial charge < -0.3 is 5.73 Å². The van der Waals surface area contributed by atoms with Crippen LogP contribution >= 0.6 is 12.6 Å². The molecule has 0 saturated heterocycles. The maximum absolute atomic E-state index is 11.0. The number of carbonyl (C=O) groups is 1. The summed E-state index contributed by atoms with van der Waals surface area (Å²) < 4.78 is 0. The van der Waals surface area contributed by atoms with Crippen LogP contribution in [0.1, 0.15) is 26.2 Å². The van der Waals surface area contributed by atoms with E-state index in [1.54, 1.807) is 0 Å². The minimum absolute atomic E-state index is 0.136. The van der Waals surface area contributed by atoms with Crippen LogP contribution in [0.2, 0.25) is 0 Å². The fourth-order valence-electron chi connectivity index (χ4n) is 0.638. The Morgan fingerprint density at radius 1 is 1.70 bits per heavy atom. The SMILES string of the molecule is CCCCC(=O)[C@@H](N)CS. The molecule has 1 atom stereocenters. The van der Waals surface area contributed by atoms with Crippen LogP contribution in [0.15, 0.2) is 0 Å². The summed E-state index contributed by atoms with van der Waals surface area (Å²) in [6.45, 7) is 2.06. The molecule has 10 heavy (non-hydrogen) atoms. The summed E-state index contributed by atoms with van der Waals surface area (Å²) in [4.78, 5) is 11.0. The summed E-state index contributed by atoms with van der Waals surface area (Å²) in [7, 11) is 0. The Balaban J connectivity index is 3.42. The summed E-state index contributed by atoms with van der Waals surface area (Å²) >= 11 is 3.93.